The van der Waals surface area contributed by atoms with Crippen LogP contribution in [0.2, 0.25) is 0 Å². The van der Waals surface area contributed by atoms with Gasteiger partial charge in [0.05, 0.1) is 18.2 Å². The van der Waals surface area contributed by atoms with E-state index in [2.05, 4.69) is 24.4 Å². The van der Waals surface area contributed by atoms with Gasteiger partial charge in [-0.15, -0.1) is 0 Å². The fraction of sp³-hybridized carbons (Fsp3) is 0.417. The highest BCUT2D eigenvalue weighted by molar-refractivity contribution is 5.94. The lowest BCUT2D eigenvalue weighted by Gasteiger charge is -2.37. The van der Waals surface area contributed by atoms with Gasteiger partial charge in [0, 0.05) is 19.6 Å². The minimum absolute atomic E-state index is 0.0395. The van der Waals surface area contributed by atoms with E-state index in [4.69, 9.17) is 4.74 Å². The topological polar surface area (TPSA) is 61.9 Å². The summed E-state index contributed by atoms with van der Waals surface area (Å²) in [6.07, 6.45) is 1.65. The summed E-state index contributed by atoms with van der Waals surface area (Å²) >= 11 is 0. The number of urea groups is 1. The van der Waals surface area contributed by atoms with Crippen LogP contribution in [0, 0.1) is 5.92 Å². The maximum absolute atomic E-state index is 13.2. The molecule has 3 amide bonds. The van der Waals surface area contributed by atoms with Crippen LogP contribution in [0.25, 0.3) is 0 Å². The van der Waals surface area contributed by atoms with Gasteiger partial charge in [0.1, 0.15) is 12.4 Å². The number of rotatable bonds is 4. The second-order valence-electron chi connectivity index (χ2n) is 8.09. The molecule has 2 atom stereocenters. The molecule has 2 aliphatic rings. The first-order chi connectivity index (χ1) is 14.6. The fourth-order valence-corrected chi connectivity index (χ4v) is 4.20. The first-order valence-electron chi connectivity index (χ1n) is 10.7. The highest BCUT2D eigenvalue weighted by Crippen LogP contribution is 2.32. The highest BCUT2D eigenvalue weighted by Gasteiger charge is 2.33. The average Bonchev–Trinajstić information content (AvgIpc) is 2.82. The van der Waals surface area contributed by atoms with Crippen LogP contribution in [-0.4, -0.2) is 49.6 Å². The minimum atomic E-state index is -0.165. The SMILES string of the molecule is C[C@@H](CNC(=O)[C@H]1CCCN(C(=O)N2CCOc3ccccc32)C1)c1ccccc1. The molecule has 30 heavy (non-hydrogen) atoms. The molecule has 1 fully saturated rings. The largest absolute Gasteiger partial charge is 0.490 e. The number of amides is 3. The van der Waals surface area contributed by atoms with Crippen molar-refractivity contribution in [3.63, 3.8) is 0 Å². The zero-order chi connectivity index (χ0) is 20.9. The van der Waals surface area contributed by atoms with Crippen LogP contribution >= 0.6 is 0 Å². The van der Waals surface area contributed by atoms with Gasteiger partial charge in [-0.2, -0.15) is 0 Å². The number of anilines is 1. The molecule has 2 aliphatic heterocycles. The summed E-state index contributed by atoms with van der Waals surface area (Å²) in [5.41, 5.74) is 2.02. The summed E-state index contributed by atoms with van der Waals surface area (Å²) in [6.45, 7) is 4.87. The third-order valence-electron chi connectivity index (χ3n) is 5.97. The molecule has 0 aliphatic carbocycles. The summed E-state index contributed by atoms with van der Waals surface area (Å²) in [7, 11) is 0. The molecule has 2 aromatic rings. The number of carbonyl (C=O) groups is 2. The second kappa shape index (κ2) is 9.20. The van der Waals surface area contributed by atoms with Crippen LogP contribution in [0.15, 0.2) is 54.6 Å². The number of fused-ring (bicyclic) bond motifs is 1. The van der Waals surface area contributed by atoms with Gasteiger partial charge < -0.3 is 15.0 Å². The van der Waals surface area contributed by atoms with Crippen LogP contribution in [0.4, 0.5) is 10.5 Å². The van der Waals surface area contributed by atoms with E-state index in [-0.39, 0.29) is 23.8 Å². The summed E-state index contributed by atoms with van der Waals surface area (Å²) in [4.78, 5) is 29.6. The first-order valence-corrected chi connectivity index (χ1v) is 10.7. The van der Waals surface area contributed by atoms with Crippen molar-refractivity contribution in [2.45, 2.75) is 25.7 Å². The number of hydrogen-bond acceptors (Lipinski definition) is 3. The number of benzene rings is 2. The molecule has 158 valence electrons. The van der Waals surface area contributed by atoms with Crippen LogP contribution < -0.4 is 15.0 Å². The maximum atomic E-state index is 13.2. The Morgan fingerprint density at radius 1 is 1.10 bits per heavy atom. The van der Waals surface area contributed by atoms with Gasteiger partial charge in [-0.3, -0.25) is 9.69 Å². The van der Waals surface area contributed by atoms with Gasteiger partial charge in [-0.1, -0.05) is 49.4 Å². The minimum Gasteiger partial charge on any atom is -0.490 e. The van der Waals surface area contributed by atoms with E-state index in [0.717, 1.165) is 24.3 Å². The molecular formula is C24H29N3O3. The number of hydrogen-bond donors (Lipinski definition) is 1. The Morgan fingerprint density at radius 3 is 2.70 bits per heavy atom. The molecule has 0 radical (unpaired) electrons. The molecular weight excluding hydrogens is 378 g/mol. The third-order valence-corrected chi connectivity index (χ3v) is 5.97. The van der Waals surface area contributed by atoms with Crippen molar-refractivity contribution in [2.75, 3.05) is 37.7 Å². The Labute approximate surface area is 177 Å². The Morgan fingerprint density at radius 2 is 1.87 bits per heavy atom. The molecule has 1 saturated heterocycles. The van der Waals surface area contributed by atoms with Crippen molar-refractivity contribution in [1.29, 1.82) is 0 Å². The average molecular weight is 408 g/mol. The number of carbonyl (C=O) groups excluding carboxylic acids is 2. The first kappa shape index (κ1) is 20.3. The summed E-state index contributed by atoms with van der Waals surface area (Å²) in [5.74, 6) is 0.860. The van der Waals surface area contributed by atoms with Gasteiger partial charge >= 0.3 is 6.03 Å². The van der Waals surface area contributed by atoms with E-state index in [1.165, 1.54) is 5.56 Å². The summed E-state index contributed by atoms with van der Waals surface area (Å²) in [6, 6.07) is 17.8. The van der Waals surface area contributed by atoms with E-state index in [1.807, 2.05) is 47.4 Å². The predicted octanol–water partition coefficient (Wildman–Crippen LogP) is 3.64. The molecule has 6 nitrogen and oxygen atoms in total. The van der Waals surface area contributed by atoms with Gasteiger partial charge in [-0.05, 0) is 36.5 Å². The molecule has 0 saturated carbocycles. The molecule has 4 rings (SSSR count). The van der Waals surface area contributed by atoms with Crippen LogP contribution in [0.5, 0.6) is 5.75 Å². The standard InChI is InChI=1S/C24H29N3O3/c1-18(19-8-3-2-4-9-19)16-25-23(28)20-10-7-13-26(17-20)24(29)27-14-15-30-22-12-6-5-11-21(22)27/h2-6,8-9,11-12,18,20H,7,10,13-17H2,1H3,(H,25,28)/t18-,20-/m0/s1. The summed E-state index contributed by atoms with van der Waals surface area (Å²) < 4.78 is 5.66. The quantitative estimate of drug-likeness (QED) is 0.842. The number of ether oxygens (including phenoxy) is 1. The molecule has 0 bridgehead atoms. The molecule has 6 heteroatoms. The van der Waals surface area contributed by atoms with E-state index in [1.54, 1.807) is 4.90 Å². The van der Waals surface area contributed by atoms with E-state index < -0.39 is 0 Å². The Balaban J connectivity index is 1.35. The monoisotopic (exact) mass is 407 g/mol. The van der Waals surface area contributed by atoms with Gasteiger partial charge in [-0.25, -0.2) is 4.79 Å². The third kappa shape index (κ3) is 4.42. The molecule has 0 unspecified atom stereocenters. The van der Waals surface area contributed by atoms with Crippen molar-refractivity contribution < 1.29 is 14.3 Å². The molecule has 0 spiro atoms. The second-order valence-corrected chi connectivity index (χ2v) is 8.09. The van der Waals surface area contributed by atoms with Crippen molar-refractivity contribution in [1.82, 2.24) is 10.2 Å². The van der Waals surface area contributed by atoms with E-state index in [9.17, 15) is 9.59 Å². The van der Waals surface area contributed by atoms with Gasteiger partial charge in [0.15, 0.2) is 0 Å². The van der Waals surface area contributed by atoms with Crippen molar-refractivity contribution in [3.8, 4) is 5.75 Å². The van der Waals surface area contributed by atoms with E-state index >= 15 is 0 Å². The number of piperidine rings is 1. The van der Waals surface area contributed by atoms with Gasteiger partial charge in [0.2, 0.25) is 5.91 Å². The normalized spacial score (nSPS) is 19.4. The van der Waals surface area contributed by atoms with Crippen LogP contribution in [0.1, 0.15) is 31.2 Å². The number of para-hydroxylation sites is 2. The predicted molar refractivity (Wildman–Crippen MR) is 117 cm³/mol. The Bertz CT molecular complexity index is 886. The lowest BCUT2D eigenvalue weighted by Crippen LogP contribution is -2.52. The van der Waals surface area contributed by atoms with E-state index in [0.29, 0.717) is 32.8 Å². The fourth-order valence-electron chi connectivity index (χ4n) is 4.20. The molecule has 2 aromatic carbocycles. The Hall–Kier alpha value is -3.02. The summed E-state index contributed by atoms with van der Waals surface area (Å²) in [5, 5.41) is 3.09. The Kier molecular flexibility index (Phi) is 6.21. The lowest BCUT2D eigenvalue weighted by molar-refractivity contribution is -0.126. The van der Waals surface area contributed by atoms with Crippen molar-refractivity contribution in [3.05, 3.63) is 60.2 Å². The molecule has 1 N–H and O–H groups in total. The number of nitrogens with one attached hydrogen (secondary N) is 1. The molecule has 0 aromatic heterocycles. The van der Waals surface area contributed by atoms with Gasteiger partial charge in [0.25, 0.3) is 0 Å². The zero-order valence-corrected chi connectivity index (χ0v) is 17.4. The van der Waals surface area contributed by atoms with Crippen LogP contribution in [0.3, 0.4) is 0 Å². The zero-order valence-electron chi connectivity index (χ0n) is 17.4. The smallest absolute Gasteiger partial charge is 0.324 e. The number of nitrogens with zero attached hydrogens (tertiary/aromatic N) is 2. The lowest BCUT2D eigenvalue weighted by atomic mass is 9.96. The number of likely N-dealkylation sites (tertiary alicyclic amines) is 1. The maximum Gasteiger partial charge on any atom is 0.324 e. The van der Waals surface area contributed by atoms with Crippen molar-refractivity contribution >= 4 is 17.6 Å². The highest BCUT2D eigenvalue weighted by atomic mass is 16.5. The van der Waals surface area contributed by atoms with Crippen LogP contribution in [-0.2, 0) is 4.79 Å². The molecule has 2 heterocycles. The van der Waals surface area contributed by atoms with Crippen molar-refractivity contribution in [2.24, 2.45) is 5.92 Å².